The highest BCUT2D eigenvalue weighted by atomic mass is 35.5. The van der Waals surface area contributed by atoms with Crippen LogP contribution in [0.2, 0.25) is 10.0 Å². The van der Waals surface area contributed by atoms with Crippen LogP contribution in [0.4, 0.5) is 5.69 Å². The molecule has 0 radical (unpaired) electrons. The first-order valence-corrected chi connectivity index (χ1v) is 7.22. The van der Waals surface area contributed by atoms with E-state index in [0.29, 0.717) is 21.6 Å². The largest absolute Gasteiger partial charge is 0.397 e. The van der Waals surface area contributed by atoms with Crippen LogP contribution in [0.3, 0.4) is 0 Å². The fourth-order valence-electron chi connectivity index (χ4n) is 2.02. The number of halogens is 2. The van der Waals surface area contributed by atoms with Crippen molar-refractivity contribution in [3.8, 4) is 11.4 Å². The van der Waals surface area contributed by atoms with Crippen LogP contribution in [0, 0.1) is 0 Å². The van der Waals surface area contributed by atoms with E-state index in [9.17, 15) is 0 Å². The Morgan fingerprint density at radius 2 is 1.90 bits per heavy atom. The summed E-state index contributed by atoms with van der Waals surface area (Å²) in [6, 6.07) is 3.47. The Morgan fingerprint density at radius 3 is 2.45 bits per heavy atom. The van der Waals surface area contributed by atoms with Gasteiger partial charge in [0.05, 0.1) is 21.3 Å². The molecule has 0 aliphatic carbocycles. The molecule has 0 saturated heterocycles. The molecule has 0 spiro atoms. The van der Waals surface area contributed by atoms with Crippen molar-refractivity contribution in [3.63, 3.8) is 0 Å². The predicted octanol–water partition coefficient (Wildman–Crippen LogP) is 3.76. The van der Waals surface area contributed by atoms with E-state index in [4.69, 9.17) is 28.9 Å². The summed E-state index contributed by atoms with van der Waals surface area (Å²) in [6.07, 6.45) is 1.83. The van der Waals surface area contributed by atoms with Crippen molar-refractivity contribution in [2.24, 2.45) is 0 Å². The first kappa shape index (κ1) is 15.1. The molecule has 1 heterocycles. The minimum absolute atomic E-state index is 0.153. The number of hydrogen-bond acceptors (Lipinski definition) is 4. The van der Waals surface area contributed by atoms with Crippen molar-refractivity contribution in [1.29, 1.82) is 0 Å². The SMILES string of the molecule is CCC(C)(CC)n1nnnc1-c1cc(N)c(Cl)c(Cl)c1. The van der Waals surface area contributed by atoms with Crippen LogP contribution in [0.1, 0.15) is 33.6 Å². The Labute approximate surface area is 128 Å². The molecule has 0 aliphatic rings. The van der Waals surface area contributed by atoms with Crippen LogP contribution < -0.4 is 5.73 Å². The van der Waals surface area contributed by atoms with Gasteiger partial charge in [0.15, 0.2) is 5.82 Å². The molecule has 0 bridgehead atoms. The smallest absolute Gasteiger partial charge is 0.182 e. The first-order valence-electron chi connectivity index (χ1n) is 6.46. The number of nitrogens with zero attached hydrogens (tertiary/aromatic N) is 4. The van der Waals surface area contributed by atoms with Gasteiger partial charge in [0.25, 0.3) is 0 Å². The topological polar surface area (TPSA) is 69.6 Å². The summed E-state index contributed by atoms with van der Waals surface area (Å²) >= 11 is 12.1. The zero-order chi connectivity index (χ0) is 14.9. The third-order valence-corrected chi connectivity index (χ3v) is 4.64. The number of hydrogen-bond donors (Lipinski definition) is 1. The lowest BCUT2D eigenvalue weighted by atomic mass is 9.95. The van der Waals surface area contributed by atoms with Crippen molar-refractivity contribution < 1.29 is 0 Å². The van der Waals surface area contributed by atoms with Gasteiger partial charge in [-0.15, -0.1) is 5.10 Å². The monoisotopic (exact) mass is 313 g/mol. The highest BCUT2D eigenvalue weighted by Gasteiger charge is 2.27. The van der Waals surface area contributed by atoms with Crippen molar-refractivity contribution in [2.75, 3.05) is 5.73 Å². The van der Waals surface area contributed by atoms with Crippen LogP contribution in [-0.2, 0) is 5.54 Å². The molecule has 7 heteroatoms. The van der Waals surface area contributed by atoms with Crippen LogP contribution in [0.25, 0.3) is 11.4 Å². The molecule has 0 amide bonds. The molecule has 5 nitrogen and oxygen atoms in total. The minimum Gasteiger partial charge on any atom is -0.397 e. The lowest BCUT2D eigenvalue weighted by Gasteiger charge is -2.27. The van der Waals surface area contributed by atoms with E-state index in [2.05, 4.69) is 36.3 Å². The van der Waals surface area contributed by atoms with Crippen molar-refractivity contribution in [2.45, 2.75) is 39.2 Å². The van der Waals surface area contributed by atoms with Gasteiger partial charge in [0.2, 0.25) is 0 Å². The molecule has 1 aromatic heterocycles. The maximum Gasteiger partial charge on any atom is 0.182 e. The second-order valence-electron chi connectivity index (χ2n) is 4.98. The predicted molar refractivity (Wildman–Crippen MR) is 81.9 cm³/mol. The molecule has 2 N–H and O–H groups in total. The van der Waals surface area contributed by atoms with Crippen molar-refractivity contribution >= 4 is 28.9 Å². The Morgan fingerprint density at radius 1 is 1.25 bits per heavy atom. The van der Waals surface area contributed by atoms with Crippen LogP contribution in [0.5, 0.6) is 0 Å². The molecule has 0 fully saturated rings. The molecule has 2 aromatic rings. The van der Waals surface area contributed by atoms with Gasteiger partial charge in [-0.05, 0) is 42.3 Å². The summed E-state index contributed by atoms with van der Waals surface area (Å²) in [4.78, 5) is 0. The third kappa shape index (κ3) is 2.47. The number of benzene rings is 1. The Bertz CT molecular complexity index is 596. The summed E-state index contributed by atoms with van der Waals surface area (Å²) in [5, 5.41) is 12.8. The molecule has 0 atom stereocenters. The number of nitrogens with two attached hydrogens (primary N) is 1. The van der Waals surface area contributed by atoms with E-state index in [1.54, 1.807) is 12.1 Å². The highest BCUT2D eigenvalue weighted by molar-refractivity contribution is 6.43. The maximum absolute atomic E-state index is 6.08. The van der Waals surface area contributed by atoms with Gasteiger partial charge in [0.1, 0.15) is 0 Å². The summed E-state index contributed by atoms with van der Waals surface area (Å²) in [5.41, 5.74) is 6.88. The number of rotatable bonds is 4. The van der Waals surface area contributed by atoms with Crippen molar-refractivity contribution in [1.82, 2.24) is 20.2 Å². The Balaban J connectivity index is 2.58. The summed E-state index contributed by atoms with van der Waals surface area (Å²) < 4.78 is 1.83. The molecule has 0 saturated carbocycles. The van der Waals surface area contributed by atoms with E-state index in [-0.39, 0.29) is 5.54 Å². The maximum atomic E-state index is 6.08. The minimum atomic E-state index is -0.153. The van der Waals surface area contributed by atoms with E-state index in [1.165, 1.54) is 0 Å². The fraction of sp³-hybridized carbons (Fsp3) is 0.462. The number of tetrazole rings is 1. The van der Waals surface area contributed by atoms with Gasteiger partial charge in [0, 0.05) is 5.56 Å². The van der Waals surface area contributed by atoms with Gasteiger partial charge in [-0.2, -0.15) is 0 Å². The summed E-state index contributed by atoms with van der Waals surface area (Å²) in [5.74, 6) is 0.640. The summed E-state index contributed by atoms with van der Waals surface area (Å²) in [7, 11) is 0. The number of nitrogen functional groups attached to an aromatic ring is 1. The molecule has 108 valence electrons. The van der Waals surface area contributed by atoms with E-state index >= 15 is 0 Å². The average molecular weight is 314 g/mol. The number of aromatic nitrogens is 4. The van der Waals surface area contributed by atoms with E-state index < -0.39 is 0 Å². The van der Waals surface area contributed by atoms with Gasteiger partial charge in [-0.25, -0.2) is 4.68 Å². The van der Waals surface area contributed by atoms with Gasteiger partial charge in [-0.3, -0.25) is 0 Å². The zero-order valence-corrected chi connectivity index (χ0v) is 13.2. The molecule has 0 aliphatic heterocycles. The Kier molecular flexibility index (Phi) is 4.20. The average Bonchev–Trinajstić information content (AvgIpc) is 2.93. The van der Waals surface area contributed by atoms with Gasteiger partial charge in [-0.1, -0.05) is 37.0 Å². The molecule has 2 rings (SSSR count). The zero-order valence-electron chi connectivity index (χ0n) is 11.7. The molecule has 20 heavy (non-hydrogen) atoms. The van der Waals surface area contributed by atoms with Crippen molar-refractivity contribution in [3.05, 3.63) is 22.2 Å². The molecular formula is C13H17Cl2N5. The number of anilines is 1. The van der Waals surface area contributed by atoms with Crippen LogP contribution in [0.15, 0.2) is 12.1 Å². The van der Waals surface area contributed by atoms with Gasteiger partial charge >= 0.3 is 0 Å². The standard InChI is InChI=1S/C13H17Cl2N5/c1-4-13(3,5-2)20-12(17-18-19-20)8-6-9(14)11(15)10(16)7-8/h6-7H,4-5,16H2,1-3H3. The lowest BCUT2D eigenvalue weighted by Crippen LogP contribution is -2.30. The van der Waals surface area contributed by atoms with E-state index in [1.807, 2.05) is 4.68 Å². The second-order valence-corrected chi connectivity index (χ2v) is 5.76. The fourth-order valence-corrected chi connectivity index (χ4v) is 2.36. The van der Waals surface area contributed by atoms with Crippen LogP contribution >= 0.6 is 23.2 Å². The molecule has 1 aromatic carbocycles. The lowest BCUT2D eigenvalue weighted by molar-refractivity contribution is 0.262. The molecule has 0 unspecified atom stereocenters. The third-order valence-electron chi connectivity index (χ3n) is 3.82. The normalized spacial score (nSPS) is 11.8. The Hall–Kier alpha value is -1.33. The second kappa shape index (κ2) is 5.58. The van der Waals surface area contributed by atoms with E-state index in [0.717, 1.165) is 18.4 Å². The van der Waals surface area contributed by atoms with Gasteiger partial charge < -0.3 is 5.73 Å². The quantitative estimate of drug-likeness (QED) is 0.872. The first-order chi connectivity index (χ1) is 9.42. The summed E-state index contributed by atoms with van der Waals surface area (Å²) in [6.45, 7) is 6.34. The molecular weight excluding hydrogens is 297 g/mol. The highest BCUT2D eigenvalue weighted by Crippen LogP contribution is 2.35. The van der Waals surface area contributed by atoms with Crippen LogP contribution in [-0.4, -0.2) is 20.2 Å².